The van der Waals surface area contributed by atoms with Gasteiger partial charge in [0.15, 0.2) is 0 Å². The Morgan fingerprint density at radius 3 is 2.65 bits per heavy atom. The predicted octanol–water partition coefficient (Wildman–Crippen LogP) is 2.86. The fourth-order valence-corrected chi connectivity index (χ4v) is 2.86. The van der Waals surface area contributed by atoms with Crippen molar-refractivity contribution in [3.8, 4) is 0 Å². The Morgan fingerprint density at radius 2 is 2.04 bits per heavy atom. The molecule has 0 fully saturated rings. The summed E-state index contributed by atoms with van der Waals surface area (Å²) in [6.45, 7) is 1.85. The quantitative estimate of drug-likeness (QED) is 0.815. The van der Waals surface area contributed by atoms with Gasteiger partial charge in [0.1, 0.15) is 17.6 Å². The van der Waals surface area contributed by atoms with E-state index in [1.54, 1.807) is 17.5 Å². The summed E-state index contributed by atoms with van der Waals surface area (Å²) >= 11 is 1.31. The molecule has 1 unspecified atom stereocenters. The largest absolute Gasteiger partial charge is 0.480 e. The summed E-state index contributed by atoms with van der Waals surface area (Å²) in [5.41, 5.74) is 1.09. The van der Waals surface area contributed by atoms with Gasteiger partial charge in [-0.2, -0.15) is 0 Å². The van der Waals surface area contributed by atoms with Crippen LogP contribution in [0.15, 0.2) is 29.6 Å². The smallest absolute Gasteiger partial charge is 0.326 e. The van der Waals surface area contributed by atoms with Crippen LogP contribution in [-0.2, 0) is 11.2 Å². The lowest BCUT2D eigenvalue weighted by molar-refractivity contribution is -0.139. The van der Waals surface area contributed by atoms with Gasteiger partial charge in [-0.1, -0.05) is 25.5 Å². The second kappa shape index (κ2) is 7.82. The van der Waals surface area contributed by atoms with Crippen LogP contribution in [0.5, 0.6) is 0 Å². The van der Waals surface area contributed by atoms with Gasteiger partial charge in [-0.15, -0.1) is 11.3 Å². The second-order valence-corrected chi connectivity index (χ2v) is 6.03. The molecule has 0 bridgehead atoms. The van der Waals surface area contributed by atoms with E-state index in [4.69, 9.17) is 5.11 Å². The van der Waals surface area contributed by atoms with E-state index >= 15 is 0 Å². The van der Waals surface area contributed by atoms with Gasteiger partial charge < -0.3 is 10.4 Å². The third kappa shape index (κ3) is 4.85. The molecule has 1 aromatic carbocycles. The number of halogens is 1. The highest BCUT2D eigenvalue weighted by Crippen LogP contribution is 2.15. The average Bonchev–Trinajstić information content (AvgIpc) is 2.97. The predicted molar refractivity (Wildman–Crippen MR) is 85.1 cm³/mol. The van der Waals surface area contributed by atoms with E-state index in [0.29, 0.717) is 24.3 Å². The van der Waals surface area contributed by atoms with E-state index in [9.17, 15) is 14.0 Å². The minimum absolute atomic E-state index is 0.203. The summed E-state index contributed by atoms with van der Waals surface area (Å²) in [5.74, 6) is -1.85. The molecule has 0 radical (unpaired) electrons. The van der Waals surface area contributed by atoms with Crippen molar-refractivity contribution in [2.24, 2.45) is 0 Å². The number of hydrogen-bond donors (Lipinski definition) is 2. The molecule has 122 valence electrons. The number of rotatable bonds is 7. The maximum Gasteiger partial charge on any atom is 0.326 e. The first kappa shape index (κ1) is 17.1. The number of benzene rings is 1. The zero-order valence-corrected chi connectivity index (χ0v) is 13.4. The van der Waals surface area contributed by atoms with Crippen LogP contribution in [0.25, 0.3) is 0 Å². The molecular formula is C16H17FN2O3S. The molecule has 0 spiro atoms. The zero-order valence-electron chi connectivity index (χ0n) is 12.6. The Kier molecular flexibility index (Phi) is 5.81. The topological polar surface area (TPSA) is 79.3 Å². The SMILES string of the molecule is CCCC(NC(=O)c1csc(Cc2ccc(F)cc2)n1)C(=O)O. The average molecular weight is 336 g/mol. The Hall–Kier alpha value is -2.28. The molecule has 5 nitrogen and oxygen atoms in total. The Morgan fingerprint density at radius 1 is 1.35 bits per heavy atom. The lowest BCUT2D eigenvalue weighted by atomic mass is 10.1. The molecule has 1 amide bonds. The number of aromatic nitrogens is 1. The second-order valence-electron chi connectivity index (χ2n) is 5.08. The molecule has 0 aliphatic carbocycles. The normalized spacial score (nSPS) is 11.9. The first-order valence-corrected chi connectivity index (χ1v) is 8.10. The van der Waals surface area contributed by atoms with E-state index in [-0.39, 0.29) is 11.5 Å². The van der Waals surface area contributed by atoms with Gasteiger partial charge in [-0.25, -0.2) is 14.2 Å². The summed E-state index contributed by atoms with van der Waals surface area (Å²) in [6, 6.07) is 5.17. The van der Waals surface area contributed by atoms with Crippen molar-refractivity contribution >= 4 is 23.2 Å². The highest BCUT2D eigenvalue weighted by Gasteiger charge is 2.21. The van der Waals surface area contributed by atoms with Gasteiger partial charge in [0.25, 0.3) is 5.91 Å². The number of carbonyl (C=O) groups excluding carboxylic acids is 1. The van der Waals surface area contributed by atoms with Crippen LogP contribution in [0.3, 0.4) is 0 Å². The van der Waals surface area contributed by atoms with Crippen LogP contribution >= 0.6 is 11.3 Å². The zero-order chi connectivity index (χ0) is 16.8. The van der Waals surface area contributed by atoms with Gasteiger partial charge in [0, 0.05) is 11.8 Å². The molecule has 0 saturated carbocycles. The summed E-state index contributed by atoms with van der Waals surface area (Å²) in [5, 5.41) is 13.8. The fraction of sp³-hybridized carbons (Fsp3) is 0.312. The molecule has 0 saturated heterocycles. The van der Waals surface area contributed by atoms with Gasteiger partial charge in [-0.05, 0) is 24.1 Å². The maximum absolute atomic E-state index is 12.9. The summed E-state index contributed by atoms with van der Waals surface area (Å²) in [4.78, 5) is 27.4. The van der Waals surface area contributed by atoms with Crippen molar-refractivity contribution in [1.29, 1.82) is 0 Å². The van der Waals surface area contributed by atoms with Gasteiger partial charge in [0.2, 0.25) is 0 Å². The van der Waals surface area contributed by atoms with Gasteiger partial charge in [0.05, 0.1) is 5.01 Å². The number of aliphatic carboxylic acids is 1. The number of carbonyl (C=O) groups is 2. The number of nitrogens with zero attached hydrogens (tertiary/aromatic N) is 1. The van der Waals surface area contributed by atoms with E-state index < -0.39 is 17.9 Å². The lowest BCUT2D eigenvalue weighted by Crippen LogP contribution is -2.40. The fourth-order valence-electron chi connectivity index (χ4n) is 2.05. The standard InChI is InChI=1S/C16H17FN2O3S/c1-2-3-12(16(21)22)19-15(20)13-9-23-14(18-13)8-10-4-6-11(17)7-5-10/h4-7,9,12H,2-3,8H2,1H3,(H,19,20)(H,21,22). The number of thiazole rings is 1. The minimum atomic E-state index is -1.05. The van der Waals surface area contributed by atoms with Crippen molar-refractivity contribution < 1.29 is 19.1 Å². The van der Waals surface area contributed by atoms with Crippen molar-refractivity contribution in [3.63, 3.8) is 0 Å². The number of carboxylic acid groups (broad SMARTS) is 1. The maximum atomic E-state index is 12.9. The van der Waals surface area contributed by atoms with Gasteiger partial charge in [-0.3, -0.25) is 4.79 Å². The number of amides is 1. The molecule has 2 aromatic rings. The van der Waals surface area contributed by atoms with E-state index in [0.717, 1.165) is 5.56 Å². The lowest BCUT2D eigenvalue weighted by Gasteiger charge is -2.12. The number of hydrogen-bond acceptors (Lipinski definition) is 4. The summed E-state index contributed by atoms with van der Waals surface area (Å²) < 4.78 is 12.9. The summed E-state index contributed by atoms with van der Waals surface area (Å²) in [7, 11) is 0. The third-order valence-corrected chi connectivity index (χ3v) is 4.08. The van der Waals surface area contributed by atoms with E-state index in [1.165, 1.54) is 23.5 Å². The molecule has 2 N–H and O–H groups in total. The molecule has 0 aliphatic rings. The highest BCUT2D eigenvalue weighted by molar-refractivity contribution is 7.09. The molecule has 2 rings (SSSR count). The molecular weight excluding hydrogens is 319 g/mol. The molecule has 23 heavy (non-hydrogen) atoms. The van der Waals surface area contributed by atoms with Crippen LogP contribution in [0.1, 0.15) is 40.8 Å². The molecule has 1 heterocycles. The number of carboxylic acids is 1. The van der Waals surface area contributed by atoms with Crippen molar-refractivity contribution in [3.05, 3.63) is 51.7 Å². The van der Waals surface area contributed by atoms with E-state index in [1.807, 2.05) is 6.92 Å². The monoisotopic (exact) mass is 336 g/mol. The van der Waals surface area contributed by atoms with Crippen molar-refractivity contribution in [2.75, 3.05) is 0 Å². The first-order valence-electron chi connectivity index (χ1n) is 7.22. The van der Waals surface area contributed by atoms with Crippen molar-refractivity contribution in [1.82, 2.24) is 10.3 Å². The third-order valence-electron chi connectivity index (χ3n) is 3.23. The van der Waals surface area contributed by atoms with Crippen LogP contribution in [0.2, 0.25) is 0 Å². The van der Waals surface area contributed by atoms with E-state index in [2.05, 4.69) is 10.3 Å². The van der Waals surface area contributed by atoms with Crippen LogP contribution in [0.4, 0.5) is 4.39 Å². The molecule has 1 atom stereocenters. The van der Waals surface area contributed by atoms with Crippen molar-refractivity contribution in [2.45, 2.75) is 32.2 Å². The highest BCUT2D eigenvalue weighted by atomic mass is 32.1. The van der Waals surface area contributed by atoms with Gasteiger partial charge >= 0.3 is 5.97 Å². The molecule has 1 aromatic heterocycles. The minimum Gasteiger partial charge on any atom is -0.480 e. The first-order chi connectivity index (χ1) is 11.0. The molecule has 7 heteroatoms. The Balaban J connectivity index is 2.01. The van der Waals surface area contributed by atoms with Crippen LogP contribution in [-0.4, -0.2) is 28.0 Å². The van der Waals surface area contributed by atoms with Crippen LogP contribution in [0, 0.1) is 5.82 Å². The van der Waals surface area contributed by atoms with Crippen LogP contribution < -0.4 is 5.32 Å². The summed E-state index contributed by atoms with van der Waals surface area (Å²) in [6.07, 6.45) is 1.52. The number of nitrogens with one attached hydrogen (secondary N) is 1. The Bertz CT molecular complexity index is 685. The molecule has 0 aliphatic heterocycles. The Labute approximate surface area is 137 Å².